The number of nitrogens with one attached hydrogen (secondary N) is 1. The number of pyridine rings is 1. The average molecular weight is 337 g/mol. The molecule has 0 atom stereocenters. The Kier molecular flexibility index (Phi) is 3.44. The first-order valence-electron chi connectivity index (χ1n) is 5.84. The molecule has 0 aliphatic rings. The number of hydrogen-bond donors (Lipinski definition) is 1. The van der Waals surface area contributed by atoms with Gasteiger partial charge in [0.1, 0.15) is 5.65 Å². The van der Waals surface area contributed by atoms with E-state index in [1.54, 1.807) is 0 Å². The third kappa shape index (κ3) is 2.60. The van der Waals surface area contributed by atoms with Crippen LogP contribution in [0.15, 0.2) is 53.3 Å². The highest BCUT2D eigenvalue weighted by molar-refractivity contribution is 9.10. The van der Waals surface area contributed by atoms with E-state index in [1.807, 2.05) is 53.2 Å². The fourth-order valence-electron chi connectivity index (χ4n) is 1.90. The van der Waals surface area contributed by atoms with Crippen molar-refractivity contribution >= 4 is 38.9 Å². The summed E-state index contributed by atoms with van der Waals surface area (Å²) in [6.07, 6.45) is 4.00. The van der Waals surface area contributed by atoms with E-state index in [0.29, 0.717) is 11.6 Å². The van der Waals surface area contributed by atoms with Crippen LogP contribution in [0, 0.1) is 0 Å². The molecule has 96 valence electrons. The molecule has 0 aliphatic carbocycles. The zero-order chi connectivity index (χ0) is 13.2. The van der Waals surface area contributed by atoms with Crippen molar-refractivity contribution in [2.24, 2.45) is 0 Å². The average Bonchev–Trinajstić information content (AvgIpc) is 2.83. The van der Waals surface area contributed by atoms with Crippen molar-refractivity contribution in [3.8, 4) is 0 Å². The van der Waals surface area contributed by atoms with Gasteiger partial charge in [-0.25, -0.2) is 4.98 Å². The van der Waals surface area contributed by atoms with Gasteiger partial charge in [0.25, 0.3) is 0 Å². The van der Waals surface area contributed by atoms with Crippen LogP contribution in [0.25, 0.3) is 5.65 Å². The Morgan fingerprint density at radius 3 is 2.95 bits per heavy atom. The lowest BCUT2D eigenvalue weighted by Gasteiger charge is -2.07. The van der Waals surface area contributed by atoms with Crippen molar-refractivity contribution in [3.05, 3.63) is 64.0 Å². The van der Waals surface area contributed by atoms with Crippen molar-refractivity contribution in [1.82, 2.24) is 9.38 Å². The van der Waals surface area contributed by atoms with E-state index in [2.05, 4.69) is 26.2 Å². The number of rotatable bonds is 3. The molecular weight excluding hydrogens is 326 g/mol. The van der Waals surface area contributed by atoms with E-state index in [0.717, 1.165) is 21.5 Å². The van der Waals surface area contributed by atoms with Gasteiger partial charge in [-0.3, -0.25) is 0 Å². The van der Waals surface area contributed by atoms with E-state index in [-0.39, 0.29) is 0 Å². The molecule has 19 heavy (non-hydrogen) atoms. The standard InChI is InChI=1S/C14H11BrClN3/c15-14-11(16)4-3-5-12(14)17-8-10-9-19-7-2-1-6-13(19)18-10/h1-7,9,17H,8H2. The maximum absolute atomic E-state index is 6.05. The minimum absolute atomic E-state index is 0.653. The molecule has 2 heterocycles. The summed E-state index contributed by atoms with van der Waals surface area (Å²) in [5.41, 5.74) is 2.90. The lowest BCUT2D eigenvalue weighted by molar-refractivity contribution is 1.08. The van der Waals surface area contributed by atoms with Gasteiger partial charge in [-0.1, -0.05) is 23.7 Å². The van der Waals surface area contributed by atoms with E-state index in [1.165, 1.54) is 0 Å². The molecule has 3 aromatic rings. The normalized spacial score (nSPS) is 10.8. The zero-order valence-corrected chi connectivity index (χ0v) is 12.3. The number of fused-ring (bicyclic) bond motifs is 1. The smallest absolute Gasteiger partial charge is 0.137 e. The zero-order valence-electron chi connectivity index (χ0n) is 9.98. The molecule has 3 rings (SSSR count). The van der Waals surface area contributed by atoms with Crippen LogP contribution in [0.2, 0.25) is 5.02 Å². The largest absolute Gasteiger partial charge is 0.378 e. The topological polar surface area (TPSA) is 29.3 Å². The quantitative estimate of drug-likeness (QED) is 0.770. The van der Waals surface area contributed by atoms with Crippen molar-refractivity contribution in [1.29, 1.82) is 0 Å². The third-order valence-electron chi connectivity index (χ3n) is 2.83. The molecule has 0 radical (unpaired) electrons. The van der Waals surface area contributed by atoms with Crippen LogP contribution in [0.4, 0.5) is 5.69 Å². The van der Waals surface area contributed by atoms with Gasteiger partial charge < -0.3 is 9.72 Å². The minimum atomic E-state index is 0.653. The summed E-state index contributed by atoms with van der Waals surface area (Å²) in [4.78, 5) is 4.53. The predicted molar refractivity (Wildman–Crippen MR) is 81.7 cm³/mol. The second-order valence-electron chi connectivity index (χ2n) is 4.15. The van der Waals surface area contributed by atoms with Gasteiger partial charge in [-0.15, -0.1) is 0 Å². The first-order valence-corrected chi connectivity index (χ1v) is 7.01. The fraction of sp³-hybridized carbons (Fsp3) is 0.0714. The van der Waals surface area contributed by atoms with Crippen LogP contribution in [-0.4, -0.2) is 9.38 Å². The van der Waals surface area contributed by atoms with Crippen LogP contribution in [-0.2, 0) is 6.54 Å². The molecule has 5 heteroatoms. The van der Waals surface area contributed by atoms with Gasteiger partial charge in [0.2, 0.25) is 0 Å². The number of nitrogens with zero attached hydrogens (tertiary/aromatic N) is 2. The molecular formula is C14H11BrClN3. The fourth-order valence-corrected chi connectivity index (χ4v) is 2.48. The van der Waals surface area contributed by atoms with Crippen LogP contribution in [0.3, 0.4) is 0 Å². The number of aromatic nitrogens is 2. The van der Waals surface area contributed by atoms with Crippen molar-refractivity contribution in [3.63, 3.8) is 0 Å². The van der Waals surface area contributed by atoms with E-state index in [4.69, 9.17) is 11.6 Å². The number of benzene rings is 1. The molecule has 0 saturated heterocycles. The Bertz CT molecular complexity index is 691. The minimum Gasteiger partial charge on any atom is -0.378 e. The van der Waals surface area contributed by atoms with Gasteiger partial charge >= 0.3 is 0 Å². The van der Waals surface area contributed by atoms with Crippen molar-refractivity contribution < 1.29 is 0 Å². The summed E-state index contributed by atoms with van der Waals surface area (Å²) >= 11 is 9.52. The maximum atomic E-state index is 6.05. The third-order valence-corrected chi connectivity index (χ3v) is 4.22. The maximum Gasteiger partial charge on any atom is 0.137 e. The highest BCUT2D eigenvalue weighted by Crippen LogP contribution is 2.30. The monoisotopic (exact) mass is 335 g/mol. The molecule has 2 aromatic heterocycles. The van der Waals surface area contributed by atoms with Crippen LogP contribution >= 0.6 is 27.5 Å². The van der Waals surface area contributed by atoms with Gasteiger partial charge in [0, 0.05) is 12.4 Å². The second-order valence-corrected chi connectivity index (χ2v) is 5.35. The molecule has 1 aromatic carbocycles. The van der Waals surface area contributed by atoms with Crippen molar-refractivity contribution in [2.75, 3.05) is 5.32 Å². The number of anilines is 1. The Hall–Kier alpha value is -1.52. The van der Waals surface area contributed by atoms with E-state index in [9.17, 15) is 0 Å². The predicted octanol–water partition coefficient (Wildman–Crippen LogP) is 4.36. The molecule has 0 amide bonds. The SMILES string of the molecule is Clc1cccc(NCc2cn3ccccc3n2)c1Br. The summed E-state index contributed by atoms with van der Waals surface area (Å²) in [6, 6.07) is 11.7. The molecule has 0 bridgehead atoms. The van der Waals surface area contributed by atoms with E-state index < -0.39 is 0 Å². The molecule has 3 nitrogen and oxygen atoms in total. The molecule has 0 aliphatic heterocycles. The Labute approximate surface area is 124 Å². The van der Waals surface area contributed by atoms with Gasteiger partial charge in [-0.05, 0) is 40.2 Å². The van der Waals surface area contributed by atoms with Crippen LogP contribution < -0.4 is 5.32 Å². The lowest BCUT2D eigenvalue weighted by Crippen LogP contribution is -2.00. The van der Waals surface area contributed by atoms with Crippen molar-refractivity contribution in [2.45, 2.75) is 6.54 Å². The summed E-state index contributed by atoms with van der Waals surface area (Å²) in [5, 5.41) is 4.02. The molecule has 0 fully saturated rings. The van der Waals surface area contributed by atoms with E-state index >= 15 is 0 Å². The van der Waals surface area contributed by atoms with Crippen LogP contribution in [0.5, 0.6) is 0 Å². The molecule has 0 unspecified atom stereocenters. The Balaban J connectivity index is 1.80. The van der Waals surface area contributed by atoms with Crippen LogP contribution in [0.1, 0.15) is 5.69 Å². The number of halogens is 2. The number of imidazole rings is 1. The lowest BCUT2D eigenvalue weighted by atomic mass is 10.3. The summed E-state index contributed by atoms with van der Waals surface area (Å²) in [5.74, 6) is 0. The molecule has 0 spiro atoms. The molecule has 1 N–H and O–H groups in total. The number of hydrogen-bond acceptors (Lipinski definition) is 2. The second kappa shape index (κ2) is 5.23. The summed E-state index contributed by atoms with van der Waals surface area (Å²) in [6.45, 7) is 0.653. The van der Waals surface area contributed by atoms with Gasteiger partial charge in [-0.2, -0.15) is 0 Å². The summed E-state index contributed by atoms with van der Waals surface area (Å²) in [7, 11) is 0. The van der Waals surface area contributed by atoms with Gasteiger partial charge in [0.15, 0.2) is 0 Å². The van der Waals surface area contributed by atoms with Gasteiger partial charge in [0.05, 0.1) is 27.4 Å². The highest BCUT2D eigenvalue weighted by atomic mass is 79.9. The highest BCUT2D eigenvalue weighted by Gasteiger charge is 2.05. The molecule has 0 saturated carbocycles. The first-order chi connectivity index (χ1) is 9.24. The first kappa shape index (κ1) is 12.5. The Morgan fingerprint density at radius 1 is 1.21 bits per heavy atom. The Morgan fingerprint density at radius 2 is 2.11 bits per heavy atom. The summed E-state index contributed by atoms with van der Waals surface area (Å²) < 4.78 is 2.88.